The van der Waals surface area contributed by atoms with E-state index in [0.717, 1.165) is 49.2 Å². The molecule has 3 N–H and O–H groups in total. The topological polar surface area (TPSA) is 73.6 Å². The van der Waals surface area contributed by atoms with Crippen molar-refractivity contribution in [2.24, 2.45) is 23.5 Å². The van der Waals surface area contributed by atoms with E-state index in [1.807, 2.05) is 12.1 Å². The first-order valence-corrected chi connectivity index (χ1v) is 9.99. The van der Waals surface area contributed by atoms with Gasteiger partial charge in [0.2, 0.25) is 5.91 Å². The number of benzene rings is 1. The number of carbonyl (C=O) groups is 1. The van der Waals surface area contributed by atoms with Crippen LogP contribution in [0.5, 0.6) is 5.75 Å². The van der Waals surface area contributed by atoms with Crippen LogP contribution in [0.3, 0.4) is 0 Å². The van der Waals surface area contributed by atoms with Gasteiger partial charge in [0, 0.05) is 24.8 Å². The number of hydrogen-bond donors (Lipinski definition) is 2. The van der Waals surface area contributed by atoms with Crippen molar-refractivity contribution in [2.75, 3.05) is 13.2 Å². The number of nitrogens with two attached hydrogens (primary N) is 1. The van der Waals surface area contributed by atoms with Gasteiger partial charge in [-0.25, -0.2) is 0 Å². The highest BCUT2D eigenvalue weighted by molar-refractivity contribution is 5.80. The zero-order chi connectivity index (χ0) is 18.1. The molecule has 142 valence electrons. The highest BCUT2D eigenvalue weighted by Crippen LogP contribution is 2.47. The van der Waals surface area contributed by atoms with Crippen LogP contribution in [0.25, 0.3) is 0 Å². The summed E-state index contributed by atoms with van der Waals surface area (Å²) in [6, 6.07) is 6.17. The second-order valence-corrected chi connectivity index (χ2v) is 8.21. The van der Waals surface area contributed by atoms with Gasteiger partial charge in [-0.1, -0.05) is 12.1 Å². The Morgan fingerprint density at radius 1 is 1.31 bits per heavy atom. The van der Waals surface area contributed by atoms with E-state index in [1.165, 1.54) is 6.42 Å². The Kier molecular flexibility index (Phi) is 5.18. The molecule has 2 aliphatic carbocycles. The molecule has 1 amide bonds. The maximum absolute atomic E-state index is 12.7. The largest absolute Gasteiger partial charge is 0.491 e. The van der Waals surface area contributed by atoms with Crippen LogP contribution in [0.4, 0.5) is 0 Å². The molecular formula is C21H30N2O3. The number of amides is 1. The maximum Gasteiger partial charge on any atom is 0.225 e. The second-order valence-electron chi connectivity index (χ2n) is 8.21. The normalized spacial score (nSPS) is 32.8. The van der Waals surface area contributed by atoms with Crippen molar-refractivity contribution < 1.29 is 14.3 Å². The fourth-order valence-electron chi connectivity index (χ4n) is 4.93. The predicted octanol–water partition coefficient (Wildman–Crippen LogP) is 2.54. The van der Waals surface area contributed by atoms with Gasteiger partial charge >= 0.3 is 0 Å². The SMILES string of the molecule is Cc1ccc(CNC(=O)C2C3CCC(C3)C2N)c(OCC2CCCO2)c1. The Hall–Kier alpha value is -1.59. The first kappa shape index (κ1) is 17.8. The molecule has 1 aromatic rings. The van der Waals surface area contributed by atoms with Crippen LogP contribution < -0.4 is 15.8 Å². The number of nitrogens with one attached hydrogen (secondary N) is 1. The fraction of sp³-hybridized carbons (Fsp3) is 0.667. The molecule has 2 saturated carbocycles. The lowest BCUT2D eigenvalue weighted by Gasteiger charge is -2.27. The average molecular weight is 358 g/mol. The number of aryl methyl sites for hydroxylation is 1. The van der Waals surface area contributed by atoms with Crippen molar-refractivity contribution in [3.63, 3.8) is 0 Å². The molecular weight excluding hydrogens is 328 g/mol. The minimum atomic E-state index is -0.0181. The van der Waals surface area contributed by atoms with Crippen LogP contribution in [-0.4, -0.2) is 31.3 Å². The summed E-state index contributed by atoms with van der Waals surface area (Å²) in [5.74, 6) is 1.95. The molecule has 3 aliphatic rings. The van der Waals surface area contributed by atoms with Gasteiger partial charge in [0.25, 0.3) is 0 Å². The molecule has 1 saturated heterocycles. The van der Waals surface area contributed by atoms with Crippen LogP contribution in [0.2, 0.25) is 0 Å². The zero-order valence-electron chi connectivity index (χ0n) is 15.6. The molecule has 5 heteroatoms. The van der Waals surface area contributed by atoms with Crippen LogP contribution in [0.1, 0.15) is 43.2 Å². The minimum Gasteiger partial charge on any atom is -0.491 e. The van der Waals surface area contributed by atoms with Gasteiger partial charge in [0.1, 0.15) is 12.4 Å². The lowest BCUT2D eigenvalue weighted by atomic mass is 9.84. The third-order valence-corrected chi connectivity index (χ3v) is 6.41. The lowest BCUT2D eigenvalue weighted by Crippen LogP contribution is -2.45. The molecule has 26 heavy (non-hydrogen) atoms. The van der Waals surface area contributed by atoms with Gasteiger partial charge in [0.15, 0.2) is 0 Å². The molecule has 3 fully saturated rings. The second kappa shape index (κ2) is 7.57. The molecule has 1 heterocycles. The Balaban J connectivity index is 1.37. The molecule has 4 rings (SSSR count). The van der Waals surface area contributed by atoms with E-state index in [4.69, 9.17) is 15.2 Å². The first-order chi connectivity index (χ1) is 12.6. The standard InChI is InChI=1S/C21H30N2O3/c1-13-4-5-16(18(9-13)26-12-17-3-2-8-25-17)11-23-21(24)19-14-6-7-15(10-14)20(19)22/h4-5,9,14-15,17,19-20H,2-3,6-8,10-12,22H2,1H3,(H,23,24). The molecule has 0 spiro atoms. The zero-order valence-corrected chi connectivity index (χ0v) is 15.6. The van der Waals surface area contributed by atoms with Gasteiger partial charge in [-0.05, 0) is 62.5 Å². The monoisotopic (exact) mass is 358 g/mol. The van der Waals surface area contributed by atoms with Gasteiger partial charge < -0.3 is 20.5 Å². The summed E-state index contributed by atoms with van der Waals surface area (Å²) >= 11 is 0. The van der Waals surface area contributed by atoms with E-state index in [2.05, 4.69) is 18.3 Å². The first-order valence-electron chi connectivity index (χ1n) is 9.99. The van der Waals surface area contributed by atoms with E-state index < -0.39 is 0 Å². The number of fused-ring (bicyclic) bond motifs is 2. The number of ether oxygens (including phenoxy) is 2. The molecule has 2 bridgehead atoms. The van der Waals surface area contributed by atoms with E-state index in [9.17, 15) is 4.79 Å². The van der Waals surface area contributed by atoms with E-state index >= 15 is 0 Å². The van der Waals surface area contributed by atoms with Crippen LogP contribution in [0, 0.1) is 24.7 Å². The van der Waals surface area contributed by atoms with Gasteiger partial charge in [0.05, 0.1) is 12.0 Å². The predicted molar refractivity (Wildman–Crippen MR) is 99.8 cm³/mol. The quantitative estimate of drug-likeness (QED) is 0.820. The number of hydrogen-bond acceptors (Lipinski definition) is 4. The summed E-state index contributed by atoms with van der Waals surface area (Å²) in [7, 11) is 0. The minimum absolute atomic E-state index is 0.0181. The Bertz CT molecular complexity index is 655. The summed E-state index contributed by atoms with van der Waals surface area (Å²) in [5.41, 5.74) is 8.47. The number of rotatable bonds is 6. The van der Waals surface area contributed by atoms with Gasteiger partial charge in [-0.2, -0.15) is 0 Å². The molecule has 1 aliphatic heterocycles. The summed E-state index contributed by atoms with van der Waals surface area (Å²) in [5, 5.41) is 3.11. The average Bonchev–Trinajstić information content (AvgIpc) is 3.36. The molecule has 0 radical (unpaired) electrons. The van der Waals surface area contributed by atoms with Crippen LogP contribution in [0.15, 0.2) is 18.2 Å². The smallest absolute Gasteiger partial charge is 0.225 e. The van der Waals surface area contributed by atoms with Crippen LogP contribution >= 0.6 is 0 Å². The van der Waals surface area contributed by atoms with Gasteiger partial charge in [-0.15, -0.1) is 0 Å². The van der Waals surface area contributed by atoms with Crippen molar-refractivity contribution in [1.82, 2.24) is 5.32 Å². The Morgan fingerprint density at radius 3 is 2.88 bits per heavy atom. The third kappa shape index (κ3) is 3.60. The Labute approximate surface area is 155 Å². The fourth-order valence-corrected chi connectivity index (χ4v) is 4.93. The molecule has 5 unspecified atom stereocenters. The number of carbonyl (C=O) groups excluding carboxylic acids is 1. The molecule has 1 aromatic carbocycles. The summed E-state index contributed by atoms with van der Waals surface area (Å²) in [6.07, 6.45) is 5.81. The summed E-state index contributed by atoms with van der Waals surface area (Å²) < 4.78 is 11.7. The third-order valence-electron chi connectivity index (χ3n) is 6.41. The van der Waals surface area contributed by atoms with Crippen molar-refractivity contribution >= 4 is 5.91 Å². The highest BCUT2D eigenvalue weighted by Gasteiger charge is 2.48. The molecule has 0 aromatic heterocycles. The summed E-state index contributed by atoms with van der Waals surface area (Å²) in [6.45, 7) is 3.94. The molecule has 5 nitrogen and oxygen atoms in total. The van der Waals surface area contributed by atoms with E-state index in [1.54, 1.807) is 0 Å². The van der Waals surface area contributed by atoms with Crippen molar-refractivity contribution in [2.45, 2.75) is 57.7 Å². The van der Waals surface area contributed by atoms with Crippen molar-refractivity contribution in [3.8, 4) is 5.75 Å². The van der Waals surface area contributed by atoms with E-state index in [-0.39, 0.29) is 24.0 Å². The molecule has 5 atom stereocenters. The lowest BCUT2D eigenvalue weighted by molar-refractivity contribution is -0.127. The van der Waals surface area contributed by atoms with Crippen molar-refractivity contribution in [3.05, 3.63) is 29.3 Å². The van der Waals surface area contributed by atoms with Gasteiger partial charge in [-0.3, -0.25) is 4.79 Å². The maximum atomic E-state index is 12.7. The Morgan fingerprint density at radius 2 is 2.15 bits per heavy atom. The van der Waals surface area contributed by atoms with E-state index in [0.29, 0.717) is 25.0 Å². The highest BCUT2D eigenvalue weighted by atomic mass is 16.5. The van der Waals surface area contributed by atoms with Crippen molar-refractivity contribution in [1.29, 1.82) is 0 Å². The summed E-state index contributed by atoms with van der Waals surface area (Å²) in [4.78, 5) is 12.7. The van der Waals surface area contributed by atoms with Crippen LogP contribution in [-0.2, 0) is 16.1 Å².